The fourth-order valence-electron chi connectivity index (χ4n) is 2.30. The zero-order valence-corrected chi connectivity index (χ0v) is 11.0. The molecule has 1 unspecified atom stereocenters. The summed E-state index contributed by atoms with van der Waals surface area (Å²) < 4.78 is 5.16. The van der Waals surface area contributed by atoms with Crippen molar-refractivity contribution in [1.29, 1.82) is 0 Å². The Balaban J connectivity index is 2.01. The second kappa shape index (κ2) is 6.44. The number of nitrogens with zero attached hydrogens (tertiary/aromatic N) is 3. The van der Waals surface area contributed by atoms with Crippen LogP contribution in [0.25, 0.3) is 0 Å². The van der Waals surface area contributed by atoms with Crippen molar-refractivity contribution in [2.75, 3.05) is 32.2 Å². The number of carbonyl (C=O) groups excluding carboxylic acids is 1. The number of methoxy groups -OCH3 is 1. The molecule has 1 aliphatic rings. The molecule has 1 aromatic rings. The Hall–Kier alpha value is -1.73. The van der Waals surface area contributed by atoms with Gasteiger partial charge in [0.25, 0.3) is 5.91 Å². The van der Waals surface area contributed by atoms with Crippen LogP contribution >= 0.6 is 0 Å². The van der Waals surface area contributed by atoms with Crippen molar-refractivity contribution in [2.45, 2.75) is 12.8 Å². The molecule has 0 aliphatic carbocycles. The number of likely N-dealkylation sites (tertiary alicyclic amines) is 1. The van der Waals surface area contributed by atoms with Gasteiger partial charge in [-0.3, -0.25) is 4.79 Å². The molecule has 1 fully saturated rings. The minimum Gasteiger partial charge on any atom is -0.384 e. The number of amides is 1. The van der Waals surface area contributed by atoms with Gasteiger partial charge in [0.2, 0.25) is 0 Å². The molecule has 1 atom stereocenters. The van der Waals surface area contributed by atoms with Crippen molar-refractivity contribution in [3.05, 3.63) is 18.1 Å². The van der Waals surface area contributed by atoms with Gasteiger partial charge in [-0.25, -0.2) is 15.8 Å². The van der Waals surface area contributed by atoms with Gasteiger partial charge in [0.05, 0.1) is 19.0 Å². The molecule has 1 amide bonds. The molecular weight excluding hydrogens is 246 g/mol. The van der Waals surface area contributed by atoms with E-state index in [2.05, 4.69) is 15.4 Å². The smallest absolute Gasteiger partial charge is 0.274 e. The molecule has 1 aliphatic heterocycles. The van der Waals surface area contributed by atoms with Crippen molar-refractivity contribution < 1.29 is 9.53 Å². The van der Waals surface area contributed by atoms with E-state index in [0.717, 1.165) is 19.4 Å². The molecule has 19 heavy (non-hydrogen) atoms. The van der Waals surface area contributed by atoms with Crippen LogP contribution in [-0.4, -0.2) is 47.6 Å². The molecule has 2 heterocycles. The summed E-state index contributed by atoms with van der Waals surface area (Å²) in [6.45, 7) is 2.16. The minimum atomic E-state index is -0.0862. The van der Waals surface area contributed by atoms with Crippen LogP contribution in [0.15, 0.2) is 12.4 Å². The minimum absolute atomic E-state index is 0.0862. The highest BCUT2D eigenvalue weighted by atomic mass is 16.5. The fraction of sp³-hybridized carbons (Fsp3) is 0.583. The van der Waals surface area contributed by atoms with Crippen molar-refractivity contribution in [3.8, 4) is 0 Å². The topological polar surface area (TPSA) is 93.4 Å². The molecule has 0 spiro atoms. The molecule has 1 saturated heterocycles. The van der Waals surface area contributed by atoms with E-state index in [1.54, 1.807) is 7.11 Å². The summed E-state index contributed by atoms with van der Waals surface area (Å²) >= 11 is 0. The Morgan fingerprint density at radius 1 is 1.58 bits per heavy atom. The van der Waals surface area contributed by atoms with E-state index in [-0.39, 0.29) is 5.91 Å². The van der Waals surface area contributed by atoms with Crippen LogP contribution in [0.3, 0.4) is 0 Å². The average Bonchev–Trinajstić information content (AvgIpc) is 2.47. The van der Waals surface area contributed by atoms with Gasteiger partial charge in [0.1, 0.15) is 5.69 Å². The Morgan fingerprint density at radius 3 is 3.05 bits per heavy atom. The third kappa shape index (κ3) is 3.39. The molecule has 0 saturated carbocycles. The van der Waals surface area contributed by atoms with E-state index in [4.69, 9.17) is 10.6 Å². The van der Waals surface area contributed by atoms with E-state index < -0.39 is 0 Å². The van der Waals surface area contributed by atoms with Gasteiger partial charge in [-0.05, 0) is 18.8 Å². The summed E-state index contributed by atoms with van der Waals surface area (Å²) in [6.07, 6.45) is 4.98. The summed E-state index contributed by atoms with van der Waals surface area (Å²) in [5, 5.41) is 0. The van der Waals surface area contributed by atoms with E-state index >= 15 is 0 Å². The average molecular weight is 265 g/mol. The first kappa shape index (κ1) is 13.7. The van der Waals surface area contributed by atoms with Gasteiger partial charge in [-0.2, -0.15) is 0 Å². The van der Waals surface area contributed by atoms with E-state index in [1.165, 1.54) is 12.4 Å². The van der Waals surface area contributed by atoms with Crippen molar-refractivity contribution in [3.63, 3.8) is 0 Å². The van der Waals surface area contributed by atoms with E-state index in [9.17, 15) is 4.79 Å². The zero-order valence-electron chi connectivity index (χ0n) is 11.0. The van der Waals surface area contributed by atoms with Crippen LogP contribution < -0.4 is 11.3 Å². The molecule has 3 N–H and O–H groups in total. The molecule has 0 aromatic carbocycles. The van der Waals surface area contributed by atoms with E-state index in [1.807, 2.05) is 4.90 Å². The van der Waals surface area contributed by atoms with Crippen molar-refractivity contribution >= 4 is 11.7 Å². The third-order valence-corrected chi connectivity index (χ3v) is 3.23. The lowest BCUT2D eigenvalue weighted by Gasteiger charge is -2.32. The predicted molar refractivity (Wildman–Crippen MR) is 70.3 cm³/mol. The van der Waals surface area contributed by atoms with Gasteiger partial charge in [-0.15, -0.1) is 0 Å². The van der Waals surface area contributed by atoms with Gasteiger partial charge < -0.3 is 15.1 Å². The summed E-state index contributed by atoms with van der Waals surface area (Å²) in [4.78, 5) is 22.2. The second-order valence-electron chi connectivity index (χ2n) is 4.65. The van der Waals surface area contributed by atoms with Gasteiger partial charge in [0.15, 0.2) is 5.82 Å². The lowest BCUT2D eigenvalue weighted by atomic mass is 9.99. The fourth-order valence-corrected chi connectivity index (χ4v) is 2.30. The number of hydrogen-bond acceptors (Lipinski definition) is 6. The first-order valence-electron chi connectivity index (χ1n) is 6.31. The first-order chi connectivity index (χ1) is 9.24. The highest BCUT2D eigenvalue weighted by Crippen LogP contribution is 2.18. The number of piperidine rings is 1. The van der Waals surface area contributed by atoms with Crippen LogP contribution in [0.5, 0.6) is 0 Å². The quantitative estimate of drug-likeness (QED) is 0.599. The number of nitrogens with two attached hydrogens (primary N) is 1. The molecule has 7 nitrogen and oxygen atoms in total. The monoisotopic (exact) mass is 265 g/mol. The Kier molecular flexibility index (Phi) is 4.64. The maximum absolute atomic E-state index is 12.3. The Morgan fingerprint density at radius 2 is 2.42 bits per heavy atom. The lowest BCUT2D eigenvalue weighted by molar-refractivity contribution is 0.0565. The highest BCUT2D eigenvalue weighted by molar-refractivity contribution is 5.92. The highest BCUT2D eigenvalue weighted by Gasteiger charge is 2.25. The number of anilines is 1. The number of hydrazine groups is 1. The molecule has 104 valence electrons. The molecule has 0 bridgehead atoms. The summed E-state index contributed by atoms with van der Waals surface area (Å²) in [5.41, 5.74) is 2.73. The summed E-state index contributed by atoms with van der Waals surface area (Å²) in [6, 6.07) is 0. The van der Waals surface area contributed by atoms with Gasteiger partial charge in [0, 0.05) is 20.2 Å². The number of nitrogens with one attached hydrogen (secondary N) is 1. The first-order valence-corrected chi connectivity index (χ1v) is 6.31. The maximum atomic E-state index is 12.3. The maximum Gasteiger partial charge on any atom is 0.274 e. The number of ether oxygens (including phenoxy) is 1. The number of aromatic nitrogens is 2. The molecular formula is C12H19N5O2. The van der Waals surface area contributed by atoms with Crippen molar-refractivity contribution in [1.82, 2.24) is 14.9 Å². The normalized spacial score (nSPS) is 19.3. The van der Waals surface area contributed by atoms with Crippen molar-refractivity contribution in [2.24, 2.45) is 11.8 Å². The standard InChI is InChI=1S/C12H19N5O2/c1-19-8-9-3-2-4-17(7-9)12(18)10-5-15-11(16-13)6-14-10/h5-6,9H,2-4,7-8,13H2,1H3,(H,15,16). The Labute approximate surface area is 112 Å². The zero-order chi connectivity index (χ0) is 13.7. The van der Waals surface area contributed by atoms with Crippen LogP contribution in [0.4, 0.5) is 5.82 Å². The second-order valence-corrected chi connectivity index (χ2v) is 4.65. The van der Waals surface area contributed by atoms with Gasteiger partial charge >= 0.3 is 0 Å². The molecule has 2 rings (SSSR count). The summed E-state index contributed by atoms with van der Waals surface area (Å²) in [7, 11) is 1.69. The number of carbonyl (C=O) groups is 1. The van der Waals surface area contributed by atoms with Crippen LogP contribution in [-0.2, 0) is 4.74 Å². The SMILES string of the molecule is COCC1CCCN(C(=O)c2cnc(NN)cn2)C1. The summed E-state index contributed by atoms with van der Waals surface area (Å²) in [5.74, 6) is 5.96. The molecule has 0 radical (unpaired) electrons. The largest absolute Gasteiger partial charge is 0.384 e. The number of rotatable bonds is 4. The van der Waals surface area contributed by atoms with E-state index in [0.29, 0.717) is 30.6 Å². The van der Waals surface area contributed by atoms with Crippen LogP contribution in [0.2, 0.25) is 0 Å². The van der Waals surface area contributed by atoms with Gasteiger partial charge in [-0.1, -0.05) is 0 Å². The molecule has 1 aromatic heterocycles. The predicted octanol–water partition coefficient (Wildman–Crippen LogP) is 0.261. The van der Waals surface area contributed by atoms with Crippen LogP contribution in [0, 0.1) is 5.92 Å². The number of nitrogen functional groups attached to an aromatic ring is 1. The number of hydrogen-bond donors (Lipinski definition) is 2. The Bertz CT molecular complexity index is 421. The third-order valence-electron chi connectivity index (χ3n) is 3.23. The lowest BCUT2D eigenvalue weighted by Crippen LogP contribution is -2.41. The van der Waals surface area contributed by atoms with Crippen LogP contribution in [0.1, 0.15) is 23.3 Å². The molecule has 7 heteroatoms.